The van der Waals surface area contributed by atoms with Gasteiger partial charge in [-0.05, 0) is 57.2 Å². The number of hydrogen-bond donors (Lipinski definition) is 1. The Kier molecular flexibility index (Phi) is 9.35. The average Bonchev–Trinajstić information content (AvgIpc) is 3.18. The van der Waals surface area contributed by atoms with Gasteiger partial charge in [-0.15, -0.1) is 24.0 Å². The van der Waals surface area contributed by atoms with E-state index < -0.39 is 0 Å². The smallest absolute Gasteiger partial charge is 0.193 e. The number of rotatable bonds is 5. The topological polar surface area (TPSA) is 48.7 Å². The van der Waals surface area contributed by atoms with E-state index in [1.54, 1.807) is 0 Å². The Hall–Kier alpha value is -0.830. The molecule has 0 spiro atoms. The number of aliphatic imine (C=N–C) groups is 1. The number of likely N-dealkylation sites (tertiary alicyclic amines) is 2. The van der Waals surface area contributed by atoms with Crippen LogP contribution in [0.4, 0.5) is 0 Å². The predicted octanol–water partition coefficient (Wildman–Crippen LogP) is 3.08. The SMILES string of the molecule is CN=C(NCCCN1CCC(C)CC1)N1CCC(C)C(n2ccnc2)C1.I. The highest BCUT2D eigenvalue weighted by Crippen LogP contribution is 2.27. The number of guanidine groups is 1. The molecule has 2 aliphatic rings. The molecular formula is C20H37IN6. The van der Waals surface area contributed by atoms with Crippen LogP contribution in [-0.2, 0) is 0 Å². The van der Waals surface area contributed by atoms with Gasteiger partial charge in [0.1, 0.15) is 0 Å². The monoisotopic (exact) mass is 488 g/mol. The summed E-state index contributed by atoms with van der Waals surface area (Å²) in [5, 5.41) is 3.59. The van der Waals surface area contributed by atoms with Gasteiger partial charge in [0.05, 0.1) is 12.4 Å². The summed E-state index contributed by atoms with van der Waals surface area (Å²) in [4.78, 5) is 13.8. The Balaban J connectivity index is 0.00000261. The zero-order valence-corrected chi connectivity index (χ0v) is 19.5. The number of halogens is 1. The summed E-state index contributed by atoms with van der Waals surface area (Å²) in [5.74, 6) is 2.63. The molecule has 0 saturated carbocycles. The van der Waals surface area contributed by atoms with E-state index in [-0.39, 0.29) is 24.0 Å². The van der Waals surface area contributed by atoms with Gasteiger partial charge in [-0.1, -0.05) is 13.8 Å². The summed E-state index contributed by atoms with van der Waals surface area (Å²) in [5.41, 5.74) is 0. The maximum atomic E-state index is 4.54. The second-order valence-corrected chi connectivity index (χ2v) is 8.14. The minimum Gasteiger partial charge on any atom is -0.356 e. The molecule has 7 heteroatoms. The van der Waals surface area contributed by atoms with Gasteiger partial charge in [0, 0.05) is 39.1 Å². The van der Waals surface area contributed by atoms with E-state index in [2.05, 4.69) is 49.7 Å². The summed E-state index contributed by atoms with van der Waals surface area (Å²) in [6, 6.07) is 0.472. The molecule has 2 aliphatic heterocycles. The van der Waals surface area contributed by atoms with Crippen LogP contribution in [0.2, 0.25) is 0 Å². The first kappa shape index (κ1) is 22.5. The van der Waals surface area contributed by atoms with E-state index in [1.165, 1.54) is 45.3 Å². The van der Waals surface area contributed by atoms with Crippen LogP contribution in [0.3, 0.4) is 0 Å². The van der Waals surface area contributed by atoms with Crippen molar-refractivity contribution in [3.8, 4) is 0 Å². The third-order valence-corrected chi connectivity index (χ3v) is 6.15. The van der Waals surface area contributed by atoms with E-state index in [1.807, 2.05) is 19.6 Å². The Bertz CT molecular complexity index is 553. The van der Waals surface area contributed by atoms with Crippen molar-refractivity contribution in [2.75, 3.05) is 46.3 Å². The summed E-state index contributed by atoms with van der Waals surface area (Å²) in [7, 11) is 1.90. The van der Waals surface area contributed by atoms with Crippen LogP contribution in [0.5, 0.6) is 0 Å². The van der Waals surface area contributed by atoms with Crippen LogP contribution in [0, 0.1) is 11.8 Å². The van der Waals surface area contributed by atoms with Crippen molar-refractivity contribution in [1.82, 2.24) is 24.7 Å². The quantitative estimate of drug-likeness (QED) is 0.300. The van der Waals surface area contributed by atoms with Gasteiger partial charge in [0.15, 0.2) is 5.96 Å². The van der Waals surface area contributed by atoms with Crippen molar-refractivity contribution >= 4 is 29.9 Å². The molecule has 0 bridgehead atoms. The third-order valence-electron chi connectivity index (χ3n) is 6.15. The number of piperidine rings is 2. The molecule has 3 rings (SSSR count). The van der Waals surface area contributed by atoms with E-state index in [9.17, 15) is 0 Å². The predicted molar refractivity (Wildman–Crippen MR) is 123 cm³/mol. The molecule has 0 aromatic carbocycles. The summed E-state index contributed by atoms with van der Waals surface area (Å²) in [6.45, 7) is 11.5. The van der Waals surface area contributed by atoms with Crippen LogP contribution < -0.4 is 5.32 Å². The lowest BCUT2D eigenvalue weighted by Crippen LogP contribution is -2.49. The molecule has 27 heavy (non-hydrogen) atoms. The van der Waals surface area contributed by atoms with Crippen LogP contribution in [-0.4, -0.2) is 71.6 Å². The van der Waals surface area contributed by atoms with Gasteiger partial charge in [0.25, 0.3) is 0 Å². The maximum absolute atomic E-state index is 4.54. The molecule has 1 aromatic rings. The molecule has 2 saturated heterocycles. The standard InChI is InChI=1S/C20H36N6.HI/c1-17-5-11-24(12-6-17)10-4-8-23-20(21-3)25-13-7-18(2)19(15-25)26-14-9-22-16-26;/h9,14,16-19H,4-8,10-13,15H2,1-3H3,(H,21,23);1H. The summed E-state index contributed by atoms with van der Waals surface area (Å²) >= 11 is 0. The summed E-state index contributed by atoms with van der Waals surface area (Å²) < 4.78 is 2.25. The van der Waals surface area contributed by atoms with E-state index in [0.29, 0.717) is 12.0 Å². The number of hydrogen-bond acceptors (Lipinski definition) is 3. The van der Waals surface area contributed by atoms with Crippen LogP contribution in [0.15, 0.2) is 23.7 Å². The van der Waals surface area contributed by atoms with Gasteiger partial charge in [-0.3, -0.25) is 4.99 Å². The molecule has 2 atom stereocenters. The van der Waals surface area contributed by atoms with E-state index in [4.69, 9.17) is 0 Å². The maximum Gasteiger partial charge on any atom is 0.193 e. The molecule has 6 nitrogen and oxygen atoms in total. The van der Waals surface area contributed by atoms with Crippen molar-refractivity contribution in [3.63, 3.8) is 0 Å². The zero-order valence-electron chi connectivity index (χ0n) is 17.2. The minimum atomic E-state index is 0. The molecule has 2 unspecified atom stereocenters. The Labute approximate surface area is 181 Å². The van der Waals surface area contributed by atoms with Gasteiger partial charge >= 0.3 is 0 Å². The summed E-state index contributed by atoms with van der Waals surface area (Å²) in [6.07, 6.45) is 11.0. The number of nitrogens with zero attached hydrogens (tertiary/aromatic N) is 5. The molecular weight excluding hydrogens is 451 g/mol. The normalized spacial score (nSPS) is 25.3. The Morgan fingerprint density at radius 3 is 2.63 bits per heavy atom. The van der Waals surface area contributed by atoms with Crippen LogP contribution in [0.25, 0.3) is 0 Å². The molecule has 1 aromatic heterocycles. The second kappa shape index (κ2) is 11.2. The largest absolute Gasteiger partial charge is 0.356 e. The van der Waals surface area contributed by atoms with Crippen molar-refractivity contribution in [2.24, 2.45) is 16.8 Å². The fraction of sp³-hybridized carbons (Fsp3) is 0.800. The molecule has 0 radical (unpaired) electrons. The van der Waals surface area contributed by atoms with Crippen molar-refractivity contribution in [2.45, 2.75) is 45.6 Å². The second-order valence-electron chi connectivity index (χ2n) is 8.14. The lowest BCUT2D eigenvalue weighted by Gasteiger charge is -2.39. The molecule has 0 amide bonds. The molecule has 0 aliphatic carbocycles. The Morgan fingerprint density at radius 2 is 1.96 bits per heavy atom. The molecule has 3 heterocycles. The van der Waals surface area contributed by atoms with Gasteiger partial charge in [-0.2, -0.15) is 0 Å². The first-order valence-corrected chi connectivity index (χ1v) is 10.3. The highest BCUT2D eigenvalue weighted by molar-refractivity contribution is 14.0. The van der Waals surface area contributed by atoms with E-state index >= 15 is 0 Å². The fourth-order valence-electron chi connectivity index (χ4n) is 4.22. The molecule has 154 valence electrons. The van der Waals surface area contributed by atoms with Crippen molar-refractivity contribution in [3.05, 3.63) is 18.7 Å². The fourth-order valence-corrected chi connectivity index (χ4v) is 4.22. The first-order chi connectivity index (χ1) is 12.7. The molecule has 2 fully saturated rings. The highest BCUT2D eigenvalue weighted by atomic mass is 127. The van der Waals surface area contributed by atoms with Crippen LogP contribution >= 0.6 is 24.0 Å². The highest BCUT2D eigenvalue weighted by Gasteiger charge is 2.28. The van der Waals surface area contributed by atoms with E-state index in [0.717, 1.165) is 31.5 Å². The van der Waals surface area contributed by atoms with Gasteiger partial charge in [0.2, 0.25) is 0 Å². The van der Waals surface area contributed by atoms with Gasteiger partial charge < -0.3 is 19.7 Å². The lowest BCUT2D eigenvalue weighted by atomic mass is 9.93. The zero-order chi connectivity index (χ0) is 18.4. The van der Waals surface area contributed by atoms with Crippen LogP contribution in [0.1, 0.15) is 45.6 Å². The van der Waals surface area contributed by atoms with Crippen molar-refractivity contribution < 1.29 is 0 Å². The number of nitrogens with one attached hydrogen (secondary N) is 1. The van der Waals surface area contributed by atoms with Gasteiger partial charge in [-0.25, -0.2) is 4.98 Å². The number of imidazole rings is 1. The third kappa shape index (κ3) is 6.34. The number of aromatic nitrogens is 2. The lowest BCUT2D eigenvalue weighted by molar-refractivity contribution is 0.185. The van der Waals surface area contributed by atoms with Crippen molar-refractivity contribution in [1.29, 1.82) is 0 Å². The Morgan fingerprint density at radius 1 is 1.19 bits per heavy atom. The first-order valence-electron chi connectivity index (χ1n) is 10.3. The molecule has 1 N–H and O–H groups in total. The minimum absolute atomic E-state index is 0. The average molecular weight is 488 g/mol.